The summed E-state index contributed by atoms with van der Waals surface area (Å²) in [6.45, 7) is 3.66. The van der Waals surface area contributed by atoms with Crippen molar-refractivity contribution in [3.05, 3.63) is 52.0 Å². The van der Waals surface area contributed by atoms with E-state index in [1.807, 2.05) is 13.0 Å². The molecule has 0 spiro atoms. The monoisotopic (exact) mass is 483 g/mol. The molecule has 1 saturated heterocycles. The highest BCUT2D eigenvalue weighted by Gasteiger charge is 2.33. The zero-order chi connectivity index (χ0) is 22.8. The normalized spacial score (nSPS) is 15.5. The maximum Gasteiger partial charge on any atom is 0.244 e. The molecule has 166 valence electrons. The molecule has 7 nitrogen and oxygen atoms in total. The van der Waals surface area contributed by atoms with E-state index in [0.29, 0.717) is 24.2 Å². The van der Waals surface area contributed by atoms with Gasteiger partial charge in [0.2, 0.25) is 21.8 Å². The van der Waals surface area contributed by atoms with Gasteiger partial charge in [-0.05, 0) is 55.7 Å². The Kier molecular flexibility index (Phi) is 7.26. The minimum absolute atomic E-state index is 0.0377. The summed E-state index contributed by atoms with van der Waals surface area (Å²) < 4.78 is 27.2. The number of sulfonamides is 1. The summed E-state index contributed by atoms with van der Waals surface area (Å²) in [5.74, 6) is -0.806. The van der Waals surface area contributed by atoms with E-state index in [4.69, 9.17) is 23.2 Å². The first-order valence-corrected chi connectivity index (χ1v) is 11.9. The van der Waals surface area contributed by atoms with Crippen LogP contribution < -0.4 is 10.6 Å². The third-order valence-corrected chi connectivity index (χ3v) is 7.69. The summed E-state index contributed by atoms with van der Waals surface area (Å²) in [7, 11) is -3.81. The van der Waals surface area contributed by atoms with Crippen LogP contribution in [0, 0.1) is 12.8 Å². The van der Waals surface area contributed by atoms with Crippen molar-refractivity contribution in [2.24, 2.45) is 5.92 Å². The number of hydrogen-bond acceptors (Lipinski definition) is 4. The van der Waals surface area contributed by atoms with Crippen molar-refractivity contribution >= 4 is 56.4 Å². The van der Waals surface area contributed by atoms with Gasteiger partial charge in [0.1, 0.15) is 4.90 Å². The van der Waals surface area contributed by atoms with Gasteiger partial charge < -0.3 is 10.6 Å². The van der Waals surface area contributed by atoms with Gasteiger partial charge in [-0.25, -0.2) is 8.42 Å². The predicted molar refractivity (Wildman–Crippen MR) is 122 cm³/mol. The Hall–Kier alpha value is -2.13. The molecule has 0 atom stereocenters. The SMILES string of the molecule is CC(=O)Nc1ccc(C)cc1NC(=O)C1CCN(S(=O)(=O)c2cc(Cl)ccc2Cl)CC1. The molecule has 10 heteroatoms. The van der Waals surface area contributed by atoms with E-state index >= 15 is 0 Å². The van der Waals surface area contributed by atoms with Crippen LogP contribution in [0.5, 0.6) is 0 Å². The number of nitrogens with zero attached hydrogens (tertiary/aromatic N) is 1. The molecule has 2 N–H and O–H groups in total. The molecule has 0 bridgehead atoms. The van der Waals surface area contributed by atoms with Gasteiger partial charge in [-0.2, -0.15) is 4.31 Å². The first-order chi connectivity index (χ1) is 14.6. The molecular weight excluding hydrogens is 461 g/mol. The third-order valence-electron chi connectivity index (χ3n) is 5.08. The van der Waals surface area contributed by atoms with E-state index in [0.717, 1.165) is 5.56 Å². The van der Waals surface area contributed by atoms with Crippen LogP contribution in [0.4, 0.5) is 11.4 Å². The molecular formula is C21H23Cl2N3O4S. The second-order valence-electron chi connectivity index (χ2n) is 7.47. The predicted octanol–water partition coefficient (Wildman–Crippen LogP) is 4.30. The fourth-order valence-corrected chi connectivity index (χ4v) is 5.67. The first-order valence-electron chi connectivity index (χ1n) is 9.72. The van der Waals surface area contributed by atoms with Crippen LogP contribution in [0.15, 0.2) is 41.3 Å². The van der Waals surface area contributed by atoms with Crippen LogP contribution >= 0.6 is 23.2 Å². The second-order valence-corrected chi connectivity index (χ2v) is 10.2. The average molecular weight is 484 g/mol. The number of halogens is 2. The number of amides is 2. The molecule has 31 heavy (non-hydrogen) atoms. The lowest BCUT2D eigenvalue weighted by atomic mass is 9.97. The van der Waals surface area contributed by atoms with Gasteiger partial charge in [0.25, 0.3) is 0 Å². The van der Waals surface area contributed by atoms with Crippen molar-refractivity contribution in [2.75, 3.05) is 23.7 Å². The molecule has 0 unspecified atom stereocenters. The van der Waals surface area contributed by atoms with Crippen LogP contribution in [-0.2, 0) is 19.6 Å². The van der Waals surface area contributed by atoms with Crippen LogP contribution in [0.3, 0.4) is 0 Å². The van der Waals surface area contributed by atoms with Crippen molar-refractivity contribution < 1.29 is 18.0 Å². The molecule has 1 heterocycles. The maximum absolute atomic E-state index is 13.0. The third kappa shape index (κ3) is 5.57. The summed E-state index contributed by atoms with van der Waals surface area (Å²) in [5, 5.41) is 5.96. The van der Waals surface area contributed by atoms with E-state index < -0.39 is 10.0 Å². The smallest absolute Gasteiger partial charge is 0.244 e. The highest BCUT2D eigenvalue weighted by Crippen LogP contribution is 2.31. The summed E-state index contributed by atoms with van der Waals surface area (Å²) in [5.41, 5.74) is 1.96. The summed E-state index contributed by atoms with van der Waals surface area (Å²) in [6, 6.07) is 9.66. The minimum Gasteiger partial charge on any atom is -0.325 e. The highest BCUT2D eigenvalue weighted by molar-refractivity contribution is 7.89. The minimum atomic E-state index is -3.81. The fourth-order valence-electron chi connectivity index (χ4n) is 3.47. The standard InChI is InChI=1S/C21H23Cl2N3O4S/c1-13-3-6-18(24-14(2)27)19(11-13)25-21(28)15-7-9-26(10-8-15)31(29,30)20-12-16(22)4-5-17(20)23/h3-6,11-12,15H,7-10H2,1-2H3,(H,24,27)(H,25,28). The van der Waals surface area contributed by atoms with Gasteiger partial charge in [0.15, 0.2) is 0 Å². The number of nitrogens with one attached hydrogen (secondary N) is 2. The lowest BCUT2D eigenvalue weighted by Gasteiger charge is -2.31. The van der Waals surface area contributed by atoms with Crippen molar-refractivity contribution in [1.82, 2.24) is 4.31 Å². The van der Waals surface area contributed by atoms with Gasteiger partial charge >= 0.3 is 0 Å². The summed E-state index contributed by atoms with van der Waals surface area (Å²) >= 11 is 12.0. The summed E-state index contributed by atoms with van der Waals surface area (Å²) in [6.07, 6.45) is 0.731. The number of benzene rings is 2. The van der Waals surface area contributed by atoms with Crippen molar-refractivity contribution in [1.29, 1.82) is 0 Å². The summed E-state index contributed by atoms with van der Waals surface area (Å²) in [4.78, 5) is 24.2. The first kappa shape index (κ1) is 23.5. The maximum atomic E-state index is 13.0. The zero-order valence-corrected chi connectivity index (χ0v) is 19.4. The van der Waals surface area contributed by atoms with Gasteiger partial charge in [0.05, 0.1) is 16.4 Å². The molecule has 0 saturated carbocycles. The van der Waals surface area contributed by atoms with E-state index in [2.05, 4.69) is 10.6 Å². The van der Waals surface area contributed by atoms with Gasteiger partial charge in [-0.3, -0.25) is 9.59 Å². The Labute approximate surface area is 191 Å². The Morgan fingerprint density at radius 3 is 2.32 bits per heavy atom. The van der Waals surface area contributed by atoms with Crippen molar-refractivity contribution in [2.45, 2.75) is 31.6 Å². The Balaban J connectivity index is 1.69. The molecule has 2 aromatic rings. The number of carbonyl (C=O) groups is 2. The van der Waals surface area contributed by atoms with Crippen LogP contribution in [0.2, 0.25) is 10.0 Å². The topological polar surface area (TPSA) is 95.6 Å². The van der Waals surface area contributed by atoms with Gasteiger partial charge in [-0.15, -0.1) is 0 Å². The number of carbonyl (C=O) groups excluding carboxylic acids is 2. The zero-order valence-electron chi connectivity index (χ0n) is 17.1. The van der Waals surface area contributed by atoms with Crippen LogP contribution in [0.1, 0.15) is 25.3 Å². The van der Waals surface area contributed by atoms with E-state index in [1.54, 1.807) is 12.1 Å². The fraction of sp³-hybridized carbons (Fsp3) is 0.333. The Bertz CT molecular complexity index is 1110. The van der Waals surface area contributed by atoms with E-state index in [9.17, 15) is 18.0 Å². The lowest BCUT2D eigenvalue weighted by Crippen LogP contribution is -2.41. The van der Waals surface area contributed by atoms with Crippen LogP contribution in [0.25, 0.3) is 0 Å². The van der Waals surface area contributed by atoms with E-state index in [1.165, 1.54) is 29.4 Å². The molecule has 0 aromatic heterocycles. The lowest BCUT2D eigenvalue weighted by molar-refractivity contribution is -0.121. The van der Waals surface area contributed by atoms with Gasteiger partial charge in [0, 0.05) is 31.0 Å². The van der Waals surface area contributed by atoms with Gasteiger partial charge in [-0.1, -0.05) is 29.3 Å². The molecule has 3 rings (SSSR count). The largest absolute Gasteiger partial charge is 0.325 e. The molecule has 0 aliphatic carbocycles. The van der Waals surface area contributed by atoms with Crippen LogP contribution in [-0.4, -0.2) is 37.6 Å². The Morgan fingerprint density at radius 1 is 1.00 bits per heavy atom. The van der Waals surface area contributed by atoms with E-state index in [-0.39, 0.29) is 45.8 Å². The number of aryl methyl sites for hydroxylation is 1. The number of anilines is 2. The number of hydrogen-bond donors (Lipinski definition) is 2. The van der Waals surface area contributed by atoms with Crippen molar-refractivity contribution in [3.8, 4) is 0 Å². The Morgan fingerprint density at radius 2 is 1.68 bits per heavy atom. The molecule has 2 amide bonds. The highest BCUT2D eigenvalue weighted by atomic mass is 35.5. The molecule has 0 radical (unpaired) electrons. The number of rotatable bonds is 5. The quantitative estimate of drug-likeness (QED) is 0.662. The van der Waals surface area contributed by atoms with Crippen molar-refractivity contribution in [3.63, 3.8) is 0 Å². The molecule has 2 aromatic carbocycles. The second kappa shape index (κ2) is 9.56. The molecule has 1 aliphatic rings. The average Bonchev–Trinajstić information content (AvgIpc) is 2.71. The molecule has 1 aliphatic heterocycles. The number of piperidine rings is 1. The molecule has 1 fully saturated rings.